The van der Waals surface area contributed by atoms with Gasteiger partial charge in [0.15, 0.2) is 0 Å². The van der Waals surface area contributed by atoms with Crippen molar-refractivity contribution in [2.75, 3.05) is 0 Å². The Hall–Kier alpha value is -1.86. The lowest BCUT2D eigenvalue weighted by atomic mass is 9.80. The Labute approximate surface area is 108 Å². The van der Waals surface area contributed by atoms with E-state index in [4.69, 9.17) is 0 Å². The smallest absolute Gasteiger partial charge is 0.136 e. The molecule has 0 bridgehead atoms. The fourth-order valence-corrected chi connectivity index (χ4v) is 2.19. The van der Waals surface area contributed by atoms with Crippen molar-refractivity contribution in [1.82, 2.24) is 0 Å². The summed E-state index contributed by atoms with van der Waals surface area (Å²) in [7, 11) is 0. The van der Waals surface area contributed by atoms with Gasteiger partial charge < -0.3 is 5.11 Å². The molecule has 0 aliphatic heterocycles. The van der Waals surface area contributed by atoms with Gasteiger partial charge in [-0.3, -0.25) is 0 Å². The van der Waals surface area contributed by atoms with E-state index in [-0.39, 0.29) is 0 Å². The van der Waals surface area contributed by atoms with Gasteiger partial charge in [0.05, 0.1) is 0 Å². The van der Waals surface area contributed by atoms with E-state index in [0.29, 0.717) is 0 Å². The summed E-state index contributed by atoms with van der Waals surface area (Å²) in [5.74, 6) is 0. The molecule has 2 rings (SSSR count). The standard InChI is InChI=1S/C17H18O/c1-3-14(2)17(18,15-10-6-4-7-11-15)16-12-8-5-9-13-16/h3-13,18H,1-2H3. The molecule has 0 saturated carbocycles. The van der Waals surface area contributed by atoms with Crippen molar-refractivity contribution in [1.29, 1.82) is 0 Å². The zero-order chi connectivity index (χ0) is 13.0. The molecule has 1 N–H and O–H groups in total. The van der Waals surface area contributed by atoms with Crippen molar-refractivity contribution < 1.29 is 5.11 Å². The van der Waals surface area contributed by atoms with Crippen LogP contribution in [0, 0.1) is 0 Å². The summed E-state index contributed by atoms with van der Waals surface area (Å²) in [6.45, 7) is 3.91. The lowest BCUT2D eigenvalue weighted by molar-refractivity contribution is 0.121. The molecule has 0 heterocycles. The summed E-state index contributed by atoms with van der Waals surface area (Å²) in [4.78, 5) is 0. The van der Waals surface area contributed by atoms with Gasteiger partial charge in [0, 0.05) is 0 Å². The molecule has 18 heavy (non-hydrogen) atoms. The molecular weight excluding hydrogens is 220 g/mol. The van der Waals surface area contributed by atoms with Crippen molar-refractivity contribution in [3.05, 3.63) is 83.4 Å². The normalized spacial score (nSPS) is 12.5. The van der Waals surface area contributed by atoms with Gasteiger partial charge in [0.1, 0.15) is 5.60 Å². The van der Waals surface area contributed by atoms with Crippen molar-refractivity contribution in [3.63, 3.8) is 0 Å². The summed E-state index contributed by atoms with van der Waals surface area (Å²) >= 11 is 0. The van der Waals surface area contributed by atoms with E-state index in [1.54, 1.807) is 0 Å². The van der Waals surface area contributed by atoms with Gasteiger partial charge in [-0.05, 0) is 30.5 Å². The number of benzene rings is 2. The van der Waals surface area contributed by atoms with Gasteiger partial charge in [-0.2, -0.15) is 0 Å². The van der Waals surface area contributed by atoms with Crippen LogP contribution in [0.5, 0.6) is 0 Å². The molecule has 1 heteroatoms. The van der Waals surface area contributed by atoms with Crippen LogP contribution in [0.2, 0.25) is 0 Å². The molecule has 0 saturated heterocycles. The molecule has 2 aromatic carbocycles. The van der Waals surface area contributed by atoms with Crippen LogP contribution in [-0.2, 0) is 5.60 Å². The second-order valence-corrected chi connectivity index (χ2v) is 4.41. The first-order chi connectivity index (χ1) is 8.69. The Morgan fingerprint density at radius 3 is 1.61 bits per heavy atom. The Morgan fingerprint density at radius 1 is 0.889 bits per heavy atom. The maximum Gasteiger partial charge on any atom is 0.136 e. The molecule has 0 aromatic heterocycles. The second kappa shape index (κ2) is 5.19. The Bertz CT molecular complexity index is 487. The fourth-order valence-electron chi connectivity index (χ4n) is 2.19. The van der Waals surface area contributed by atoms with Gasteiger partial charge in [-0.25, -0.2) is 0 Å². The first-order valence-corrected chi connectivity index (χ1v) is 6.16. The predicted octanol–water partition coefficient (Wildman–Crippen LogP) is 3.89. The molecule has 0 amide bonds. The molecule has 0 aliphatic carbocycles. The number of allylic oxidation sites excluding steroid dienone is 1. The van der Waals surface area contributed by atoms with Gasteiger partial charge >= 0.3 is 0 Å². The van der Waals surface area contributed by atoms with Crippen LogP contribution >= 0.6 is 0 Å². The highest BCUT2D eigenvalue weighted by Crippen LogP contribution is 2.36. The van der Waals surface area contributed by atoms with Gasteiger partial charge in [-0.15, -0.1) is 0 Å². The molecule has 0 atom stereocenters. The predicted molar refractivity (Wildman–Crippen MR) is 75.3 cm³/mol. The van der Waals surface area contributed by atoms with Crippen molar-refractivity contribution >= 4 is 0 Å². The van der Waals surface area contributed by atoms with Crippen LogP contribution in [0.4, 0.5) is 0 Å². The first-order valence-electron chi connectivity index (χ1n) is 6.16. The van der Waals surface area contributed by atoms with Crippen molar-refractivity contribution in [3.8, 4) is 0 Å². The molecule has 2 aromatic rings. The Morgan fingerprint density at radius 2 is 1.28 bits per heavy atom. The molecule has 92 valence electrons. The highest BCUT2D eigenvalue weighted by atomic mass is 16.3. The zero-order valence-corrected chi connectivity index (χ0v) is 10.8. The van der Waals surface area contributed by atoms with Crippen LogP contribution < -0.4 is 0 Å². The second-order valence-electron chi connectivity index (χ2n) is 4.41. The average molecular weight is 238 g/mol. The maximum absolute atomic E-state index is 11.2. The maximum atomic E-state index is 11.2. The topological polar surface area (TPSA) is 20.2 Å². The number of rotatable bonds is 3. The third-order valence-corrected chi connectivity index (χ3v) is 3.39. The summed E-state index contributed by atoms with van der Waals surface area (Å²) in [5, 5.41) is 11.2. The van der Waals surface area contributed by atoms with Gasteiger partial charge in [0.25, 0.3) is 0 Å². The van der Waals surface area contributed by atoms with Gasteiger partial charge in [-0.1, -0.05) is 66.7 Å². The monoisotopic (exact) mass is 238 g/mol. The molecular formula is C17H18O. The molecule has 0 radical (unpaired) electrons. The van der Waals surface area contributed by atoms with E-state index in [9.17, 15) is 5.11 Å². The number of hydrogen-bond acceptors (Lipinski definition) is 1. The highest BCUT2D eigenvalue weighted by molar-refractivity contribution is 5.44. The van der Waals surface area contributed by atoms with E-state index in [0.717, 1.165) is 16.7 Å². The van der Waals surface area contributed by atoms with Crippen LogP contribution in [-0.4, -0.2) is 5.11 Å². The lowest BCUT2D eigenvalue weighted by Gasteiger charge is -2.30. The minimum Gasteiger partial charge on any atom is -0.376 e. The minimum absolute atomic E-state index is 0.895. The largest absolute Gasteiger partial charge is 0.376 e. The summed E-state index contributed by atoms with van der Waals surface area (Å²) in [6.07, 6.45) is 1.96. The van der Waals surface area contributed by atoms with Crippen molar-refractivity contribution in [2.24, 2.45) is 0 Å². The first kappa shape index (κ1) is 12.6. The minimum atomic E-state index is -1.04. The van der Waals surface area contributed by atoms with E-state index < -0.39 is 5.60 Å². The summed E-state index contributed by atoms with van der Waals surface area (Å²) in [5.41, 5.74) is 1.68. The van der Waals surface area contributed by atoms with Crippen LogP contribution in [0.1, 0.15) is 25.0 Å². The third-order valence-electron chi connectivity index (χ3n) is 3.39. The quantitative estimate of drug-likeness (QED) is 0.804. The molecule has 0 aliphatic rings. The number of aliphatic hydroxyl groups is 1. The zero-order valence-electron chi connectivity index (χ0n) is 10.8. The summed E-state index contributed by atoms with van der Waals surface area (Å²) in [6, 6.07) is 19.6. The fraction of sp³-hybridized carbons (Fsp3) is 0.176. The van der Waals surface area contributed by atoms with E-state index in [1.165, 1.54) is 0 Å². The van der Waals surface area contributed by atoms with E-state index in [2.05, 4.69) is 0 Å². The van der Waals surface area contributed by atoms with Crippen LogP contribution in [0.15, 0.2) is 72.3 Å². The average Bonchev–Trinajstić information content (AvgIpc) is 2.47. The SMILES string of the molecule is CC=C(C)C(O)(c1ccccc1)c1ccccc1. The van der Waals surface area contributed by atoms with E-state index >= 15 is 0 Å². The van der Waals surface area contributed by atoms with Crippen LogP contribution in [0.25, 0.3) is 0 Å². The van der Waals surface area contributed by atoms with Crippen molar-refractivity contribution in [2.45, 2.75) is 19.4 Å². The molecule has 0 fully saturated rings. The molecule has 1 nitrogen and oxygen atoms in total. The highest BCUT2D eigenvalue weighted by Gasteiger charge is 2.32. The third kappa shape index (κ3) is 2.09. The molecule has 0 spiro atoms. The van der Waals surface area contributed by atoms with E-state index in [1.807, 2.05) is 80.6 Å². The lowest BCUT2D eigenvalue weighted by Crippen LogP contribution is -2.28. The van der Waals surface area contributed by atoms with Crippen LogP contribution in [0.3, 0.4) is 0 Å². The Balaban J connectivity index is 2.63. The molecule has 0 unspecified atom stereocenters. The summed E-state index contributed by atoms with van der Waals surface area (Å²) < 4.78 is 0. The van der Waals surface area contributed by atoms with Gasteiger partial charge in [0.2, 0.25) is 0 Å². The Kier molecular flexibility index (Phi) is 3.63. The number of hydrogen-bond donors (Lipinski definition) is 1.